The van der Waals surface area contributed by atoms with Crippen molar-refractivity contribution in [2.45, 2.75) is 26.1 Å². The second-order valence-electron chi connectivity index (χ2n) is 3.12. The summed E-state index contributed by atoms with van der Waals surface area (Å²) in [6, 6.07) is 0. The van der Waals surface area contributed by atoms with Gasteiger partial charge in [0.1, 0.15) is 6.54 Å². The Hall–Kier alpha value is -1.53. The minimum absolute atomic E-state index is 0.298. The van der Waals surface area contributed by atoms with E-state index in [0.717, 1.165) is 6.20 Å². The number of halogens is 3. The van der Waals surface area contributed by atoms with Gasteiger partial charge in [-0.2, -0.15) is 18.3 Å². The molecule has 0 saturated heterocycles. The van der Waals surface area contributed by atoms with Crippen LogP contribution in [0, 0.1) is 6.92 Å². The van der Waals surface area contributed by atoms with E-state index < -0.39 is 18.7 Å². The second kappa shape index (κ2) is 3.92. The highest BCUT2D eigenvalue weighted by molar-refractivity contribution is 5.70. The van der Waals surface area contributed by atoms with Crippen LogP contribution in [0.1, 0.15) is 11.3 Å². The van der Waals surface area contributed by atoms with Crippen molar-refractivity contribution >= 4 is 5.97 Å². The monoisotopic (exact) mass is 222 g/mol. The van der Waals surface area contributed by atoms with Crippen molar-refractivity contribution in [1.82, 2.24) is 9.78 Å². The summed E-state index contributed by atoms with van der Waals surface area (Å²) in [7, 11) is 0. The Kier molecular flexibility index (Phi) is 3.01. The van der Waals surface area contributed by atoms with Gasteiger partial charge in [0.05, 0.1) is 12.1 Å². The topological polar surface area (TPSA) is 55.1 Å². The molecule has 0 radical (unpaired) electrons. The highest BCUT2D eigenvalue weighted by Crippen LogP contribution is 2.18. The van der Waals surface area contributed by atoms with Crippen LogP contribution in [0.3, 0.4) is 0 Å². The van der Waals surface area contributed by atoms with Crippen molar-refractivity contribution in [3.8, 4) is 0 Å². The number of aromatic nitrogens is 2. The first kappa shape index (κ1) is 11.5. The fraction of sp³-hybridized carbons (Fsp3) is 0.500. The average Bonchev–Trinajstić information content (AvgIpc) is 2.26. The number of rotatable bonds is 3. The first-order valence-electron chi connectivity index (χ1n) is 4.09. The number of alkyl halides is 3. The fourth-order valence-corrected chi connectivity index (χ4v) is 1.16. The normalized spacial score (nSPS) is 11.7. The zero-order chi connectivity index (χ0) is 11.6. The van der Waals surface area contributed by atoms with Crippen molar-refractivity contribution in [3.05, 3.63) is 17.5 Å². The molecule has 0 amide bonds. The van der Waals surface area contributed by atoms with Crippen LogP contribution in [0.5, 0.6) is 0 Å². The maximum atomic E-state index is 12.0. The Labute approximate surface area is 83.3 Å². The Balaban J connectivity index is 2.81. The van der Waals surface area contributed by atoms with Crippen LogP contribution in [-0.2, 0) is 17.8 Å². The number of carboxylic acid groups (broad SMARTS) is 1. The molecule has 1 N–H and O–H groups in total. The molecule has 0 aliphatic rings. The molecule has 0 atom stereocenters. The molecule has 0 aromatic carbocycles. The molecule has 0 spiro atoms. The Morgan fingerprint density at radius 3 is 2.67 bits per heavy atom. The van der Waals surface area contributed by atoms with Gasteiger partial charge >= 0.3 is 12.1 Å². The summed E-state index contributed by atoms with van der Waals surface area (Å²) >= 11 is 0. The van der Waals surface area contributed by atoms with E-state index in [4.69, 9.17) is 5.11 Å². The molecule has 1 rings (SSSR count). The van der Waals surface area contributed by atoms with Gasteiger partial charge in [-0.3, -0.25) is 9.48 Å². The zero-order valence-electron chi connectivity index (χ0n) is 7.88. The minimum atomic E-state index is -4.35. The Morgan fingerprint density at radius 1 is 1.60 bits per heavy atom. The van der Waals surface area contributed by atoms with Gasteiger partial charge in [0.2, 0.25) is 0 Å². The number of nitrogens with zero attached hydrogens (tertiary/aromatic N) is 2. The standard InChI is InChI=1S/C8H9F3N2O2/c1-5-6(2-7(14)15)3-13(12-5)4-8(9,10)11/h3H,2,4H2,1H3,(H,14,15). The molecule has 0 unspecified atom stereocenters. The van der Waals surface area contributed by atoms with E-state index in [1.807, 2.05) is 0 Å². The smallest absolute Gasteiger partial charge is 0.408 e. The third-order valence-electron chi connectivity index (χ3n) is 1.73. The Bertz CT molecular complexity index is 370. The molecule has 4 nitrogen and oxygen atoms in total. The van der Waals surface area contributed by atoms with Gasteiger partial charge in [-0.15, -0.1) is 0 Å². The maximum Gasteiger partial charge on any atom is 0.408 e. The van der Waals surface area contributed by atoms with Crippen molar-refractivity contribution in [1.29, 1.82) is 0 Å². The van der Waals surface area contributed by atoms with Crippen molar-refractivity contribution in [3.63, 3.8) is 0 Å². The summed E-state index contributed by atoms with van der Waals surface area (Å²) in [6.07, 6.45) is -3.56. The molecule has 0 aliphatic heterocycles. The predicted molar refractivity (Wildman–Crippen MR) is 44.4 cm³/mol. The van der Waals surface area contributed by atoms with E-state index in [2.05, 4.69) is 5.10 Å². The molecule has 7 heteroatoms. The van der Waals surface area contributed by atoms with Crippen LogP contribution >= 0.6 is 0 Å². The summed E-state index contributed by atoms with van der Waals surface area (Å²) in [5.41, 5.74) is 0.605. The summed E-state index contributed by atoms with van der Waals surface area (Å²) in [5.74, 6) is -1.09. The molecule has 84 valence electrons. The SMILES string of the molecule is Cc1nn(CC(F)(F)F)cc1CC(=O)O. The van der Waals surface area contributed by atoms with Crippen LogP contribution in [0.25, 0.3) is 0 Å². The molecule has 1 heterocycles. The van der Waals surface area contributed by atoms with Gasteiger partial charge in [0, 0.05) is 11.8 Å². The van der Waals surface area contributed by atoms with E-state index >= 15 is 0 Å². The van der Waals surface area contributed by atoms with Crippen molar-refractivity contribution in [2.75, 3.05) is 0 Å². The number of hydrogen-bond donors (Lipinski definition) is 1. The van der Waals surface area contributed by atoms with E-state index in [1.54, 1.807) is 0 Å². The summed E-state index contributed by atoms with van der Waals surface area (Å²) < 4.78 is 36.6. The fourth-order valence-electron chi connectivity index (χ4n) is 1.16. The van der Waals surface area contributed by atoms with Gasteiger partial charge in [0.15, 0.2) is 0 Å². The van der Waals surface area contributed by atoms with Crippen LogP contribution < -0.4 is 0 Å². The lowest BCUT2D eigenvalue weighted by Gasteiger charge is -2.04. The number of carboxylic acids is 1. The van der Waals surface area contributed by atoms with E-state index in [-0.39, 0.29) is 6.42 Å². The lowest BCUT2D eigenvalue weighted by atomic mass is 10.2. The number of aryl methyl sites for hydroxylation is 1. The van der Waals surface area contributed by atoms with Gasteiger partial charge in [-0.05, 0) is 6.92 Å². The first-order valence-corrected chi connectivity index (χ1v) is 4.09. The summed E-state index contributed by atoms with van der Waals surface area (Å²) in [5, 5.41) is 12.1. The minimum Gasteiger partial charge on any atom is -0.481 e. The van der Waals surface area contributed by atoms with Crippen molar-refractivity contribution < 1.29 is 23.1 Å². The summed E-state index contributed by atoms with van der Waals surface area (Å²) in [4.78, 5) is 10.4. The van der Waals surface area contributed by atoms with E-state index in [9.17, 15) is 18.0 Å². The number of carbonyl (C=O) groups is 1. The molecule has 15 heavy (non-hydrogen) atoms. The lowest BCUT2D eigenvalue weighted by molar-refractivity contribution is -0.142. The quantitative estimate of drug-likeness (QED) is 0.840. The molecular weight excluding hydrogens is 213 g/mol. The van der Waals surface area contributed by atoms with Crippen LogP contribution in [0.15, 0.2) is 6.20 Å². The molecule has 0 aliphatic carbocycles. The second-order valence-corrected chi connectivity index (χ2v) is 3.12. The van der Waals surface area contributed by atoms with E-state index in [1.165, 1.54) is 6.92 Å². The molecule has 1 aromatic heterocycles. The van der Waals surface area contributed by atoms with Gasteiger partial charge in [-0.25, -0.2) is 0 Å². The Morgan fingerprint density at radius 2 is 2.20 bits per heavy atom. The van der Waals surface area contributed by atoms with Gasteiger partial charge < -0.3 is 5.11 Å². The maximum absolute atomic E-state index is 12.0. The predicted octanol–water partition coefficient (Wildman–Crippen LogP) is 1.38. The summed E-state index contributed by atoms with van der Waals surface area (Å²) in [6.45, 7) is 0.276. The highest BCUT2D eigenvalue weighted by Gasteiger charge is 2.28. The third kappa shape index (κ3) is 3.61. The largest absolute Gasteiger partial charge is 0.481 e. The number of aliphatic carboxylic acids is 1. The first-order chi connectivity index (χ1) is 6.78. The number of hydrogen-bond acceptors (Lipinski definition) is 2. The van der Waals surface area contributed by atoms with Crippen LogP contribution in [-0.4, -0.2) is 27.0 Å². The molecular formula is C8H9F3N2O2. The van der Waals surface area contributed by atoms with Crippen LogP contribution in [0.4, 0.5) is 13.2 Å². The average molecular weight is 222 g/mol. The third-order valence-corrected chi connectivity index (χ3v) is 1.73. The highest BCUT2D eigenvalue weighted by atomic mass is 19.4. The lowest BCUT2D eigenvalue weighted by Crippen LogP contribution is -2.18. The zero-order valence-corrected chi connectivity index (χ0v) is 7.88. The molecule has 0 fully saturated rings. The van der Waals surface area contributed by atoms with Crippen LogP contribution in [0.2, 0.25) is 0 Å². The van der Waals surface area contributed by atoms with Gasteiger partial charge in [0.25, 0.3) is 0 Å². The van der Waals surface area contributed by atoms with Crippen molar-refractivity contribution in [2.24, 2.45) is 0 Å². The molecule has 1 aromatic rings. The van der Waals surface area contributed by atoms with Gasteiger partial charge in [-0.1, -0.05) is 0 Å². The molecule has 0 bridgehead atoms. The molecule has 0 saturated carbocycles. The van der Waals surface area contributed by atoms with E-state index in [0.29, 0.717) is 15.9 Å².